The third-order valence-corrected chi connectivity index (χ3v) is 4.88. The minimum atomic E-state index is -0.142. The number of piperidine rings is 1. The predicted molar refractivity (Wildman–Crippen MR) is 95.4 cm³/mol. The Labute approximate surface area is 146 Å². The molecule has 0 aliphatic carbocycles. The minimum Gasteiger partial charge on any atom is -0.464 e. The Kier molecular flexibility index (Phi) is 4.28. The molecule has 0 spiro atoms. The van der Waals surface area contributed by atoms with Crippen LogP contribution < -0.4 is 5.32 Å². The van der Waals surface area contributed by atoms with Gasteiger partial charge in [-0.15, -0.1) is 0 Å². The molecule has 0 bridgehead atoms. The molecule has 6 heteroatoms. The molecule has 1 atom stereocenters. The van der Waals surface area contributed by atoms with Crippen LogP contribution in [0, 0.1) is 0 Å². The van der Waals surface area contributed by atoms with Gasteiger partial charge in [0.05, 0.1) is 12.3 Å². The van der Waals surface area contributed by atoms with Gasteiger partial charge in [-0.2, -0.15) is 5.10 Å². The Morgan fingerprint density at radius 3 is 3.12 bits per heavy atom. The van der Waals surface area contributed by atoms with Crippen LogP contribution in [0.2, 0.25) is 0 Å². The van der Waals surface area contributed by atoms with Crippen LogP contribution in [0.4, 0.5) is 0 Å². The standard InChI is InChI=1S/C19H22N4O2/c1-20-19(24)17-8-10-23(21-17)15-5-4-9-22(12-15)11-14-13-25-18-7-3-2-6-16(14)18/h2-3,6-8,10,13,15H,4-5,9,11-12H2,1H3,(H,20,24)/t15-/m1/s1. The van der Waals surface area contributed by atoms with Crippen molar-refractivity contribution in [1.82, 2.24) is 20.0 Å². The van der Waals surface area contributed by atoms with Gasteiger partial charge in [-0.05, 0) is 31.5 Å². The molecule has 1 amide bonds. The predicted octanol–water partition coefficient (Wildman–Crippen LogP) is 2.83. The van der Waals surface area contributed by atoms with Gasteiger partial charge < -0.3 is 9.73 Å². The molecule has 1 fully saturated rings. The highest BCUT2D eigenvalue weighted by atomic mass is 16.3. The molecule has 25 heavy (non-hydrogen) atoms. The van der Waals surface area contributed by atoms with Crippen LogP contribution >= 0.6 is 0 Å². The number of fused-ring (bicyclic) bond motifs is 1. The van der Waals surface area contributed by atoms with E-state index in [0.29, 0.717) is 11.7 Å². The summed E-state index contributed by atoms with van der Waals surface area (Å²) in [6.07, 6.45) is 5.98. The molecule has 130 valence electrons. The molecular formula is C19H22N4O2. The lowest BCUT2D eigenvalue weighted by Gasteiger charge is -2.32. The van der Waals surface area contributed by atoms with E-state index >= 15 is 0 Å². The van der Waals surface area contributed by atoms with Gasteiger partial charge in [0.1, 0.15) is 11.3 Å². The van der Waals surface area contributed by atoms with Gasteiger partial charge >= 0.3 is 0 Å². The first-order valence-electron chi connectivity index (χ1n) is 8.69. The van der Waals surface area contributed by atoms with E-state index in [4.69, 9.17) is 4.42 Å². The van der Waals surface area contributed by atoms with E-state index in [9.17, 15) is 4.79 Å². The van der Waals surface area contributed by atoms with E-state index in [-0.39, 0.29) is 5.91 Å². The SMILES string of the molecule is CNC(=O)c1ccn([C@@H]2CCCN(Cc3coc4ccccc34)C2)n1. The number of furan rings is 1. The van der Waals surface area contributed by atoms with E-state index in [1.165, 1.54) is 10.9 Å². The lowest BCUT2D eigenvalue weighted by Crippen LogP contribution is -2.36. The summed E-state index contributed by atoms with van der Waals surface area (Å²) in [4.78, 5) is 14.1. The topological polar surface area (TPSA) is 63.3 Å². The third kappa shape index (κ3) is 3.17. The van der Waals surface area contributed by atoms with E-state index in [1.54, 1.807) is 13.1 Å². The van der Waals surface area contributed by atoms with Crippen LogP contribution in [-0.4, -0.2) is 40.7 Å². The van der Waals surface area contributed by atoms with Gasteiger partial charge in [-0.3, -0.25) is 14.4 Å². The highest BCUT2D eigenvalue weighted by Crippen LogP contribution is 2.26. The summed E-state index contributed by atoms with van der Waals surface area (Å²) >= 11 is 0. The van der Waals surface area contributed by atoms with Crippen LogP contribution in [0.1, 0.15) is 34.9 Å². The second-order valence-corrected chi connectivity index (χ2v) is 6.55. The van der Waals surface area contributed by atoms with Crippen molar-refractivity contribution in [2.75, 3.05) is 20.1 Å². The zero-order chi connectivity index (χ0) is 17.2. The lowest BCUT2D eigenvalue weighted by atomic mass is 10.0. The Hall–Kier alpha value is -2.60. The summed E-state index contributed by atoms with van der Waals surface area (Å²) in [5, 5.41) is 8.25. The number of benzene rings is 1. The van der Waals surface area contributed by atoms with Crippen LogP contribution in [0.3, 0.4) is 0 Å². The number of para-hydroxylation sites is 1. The fourth-order valence-corrected chi connectivity index (χ4v) is 3.58. The number of rotatable bonds is 4. The fraction of sp³-hybridized carbons (Fsp3) is 0.368. The summed E-state index contributed by atoms with van der Waals surface area (Å²) in [5.41, 5.74) is 2.64. The Balaban J connectivity index is 1.47. The highest BCUT2D eigenvalue weighted by molar-refractivity contribution is 5.91. The van der Waals surface area contributed by atoms with Crippen molar-refractivity contribution in [3.63, 3.8) is 0 Å². The second kappa shape index (κ2) is 6.72. The smallest absolute Gasteiger partial charge is 0.271 e. The van der Waals surface area contributed by atoms with Crippen LogP contribution in [0.25, 0.3) is 11.0 Å². The van der Waals surface area contributed by atoms with Crippen molar-refractivity contribution in [2.45, 2.75) is 25.4 Å². The summed E-state index contributed by atoms with van der Waals surface area (Å²) in [6.45, 7) is 2.87. The number of carbonyl (C=O) groups is 1. The number of hydrogen-bond acceptors (Lipinski definition) is 4. The van der Waals surface area contributed by atoms with Crippen molar-refractivity contribution in [1.29, 1.82) is 0 Å². The first-order valence-corrected chi connectivity index (χ1v) is 8.69. The number of nitrogens with one attached hydrogen (secondary N) is 1. The molecule has 3 aromatic rings. The molecule has 1 aliphatic rings. The summed E-state index contributed by atoms with van der Waals surface area (Å²) in [7, 11) is 1.62. The Morgan fingerprint density at radius 1 is 1.36 bits per heavy atom. The molecule has 4 rings (SSSR count). The summed E-state index contributed by atoms with van der Waals surface area (Å²) in [6, 6.07) is 10.2. The third-order valence-electron chi connectivity index (χ3n) is 4.88. The molecule has 1 aromatic carbocycles. The quantitative estimate of drug-likeness (QED) is 0.794. The normalized spacial score (nSPS) is 18.5. The molecule has 1 N–H and O–H groups in total. The Bertz CT molecular complexity index is 882. The van der Waals surface area contributed by atoms with Crippen molar-refractivity contribution in [3.8, 4) is 0 Å². The average Bonchev–Trinajstić information content (AvgIpc) is 3.29. The van der Waals surface area contributed by atoms with E-state index in [2.05, 4.69) is 21.4 Å². The van der Waals surface area contributed by atoms with Gasteiger partial charge in [0, 0.05) is 37.3 Å². The van der Waals surface area contributed by atoms with E-state index < -0.39 is 0 Å². The number of carbonyl (C=O) groups excluding carboxylic acids is 1. The number of hydrogen-bond donors (Lipinski definition) is 1. The maximum absolute atomic E-state index is 11.7. The van der Waals surface area contributed by atoms with Crippen LogP contribution in [0.15, 0.2) is 47.2 Å². The van der Waals surface area contributed by atoms with E-state index in [0.717, 1.165) is 38.1 Å². The monoisotopic (exact) mass is 338 g/mol. The first kappa shape index (κ1) is 15.9. The van der Waals surface area contributed by atoms with Gasteiger partial charge in [0.25, 0.3) is 5.91 Å². The molecule has 0 radical (unpaired) electrons. The Morgan fingerprint density at radius 2 is 2.24 bits per heavy atom. The minimum absolute atomic E-state index is 0.142. The number of nitrogens with zero attached hydrogens (tertiary/aromatic N) is 3. The lowest BCUT2D eigenvalue weighted by molar-refractivity contribution is 0.0955. The zero-order valence-electron chi connectivity index (χ0n) is 14.3. The van der Waals surface area contributed by atoms with Gasteiger partial charge in [0.15, 0.2) is 0 Å². The van der Waals surface area contributed by atoms with Crippen molar-refractivity contribution in [3.05, 3.63) is 54.0 Å². The van der Waals surface area contributed by atoms with Gasteiger partial charge in [-0.25, -0.2) is 0 Å². The molecule has 3 heterocycles. The maximum Gasteiger partial charge on any atom is 0.271 e. The second-order valence-electron chi connectivity index (χ2n) is 6.55. The summed E-state index contributed by atoms with van der Waals surface area (Å²) < 4.78 is 7.59. The van der Waals surface area contributed by atoms with Crippen LogP contribution in [0.5, 0.6) is 0 Å². The summed E-state index contributed by atoms with van der Waals surface area (Å²) in [5.74, 6) is -0.142. The molecular weight excluding hydrogens is 316 g/mol. The highest BCUT2D eigenvalue weighted by Gasteiger charge is 2.23. The molecule has 1 aliphatic heterocycles. The number of amides is 1. The van der Waals surface area contributed by atoms with Gasteiger partial charge in [-0.1, -0.05) is 18.2 Å². The van der Waals surface area contributed by atoms with Crippen molar-refractivity contribution >= 4 is 16.9 Å². The van der Waals surface area contributed by atoms with Crippen molar-refractivity contribution in [2.24, 2.45) is 0 Å². The van der Waals surface area contributed by atoms with E-state index in [1.807, 2.05) is 35.3 Å². The molecule has 6 nitrogen and oxygen atoms in total. The molecule has 1 saturated heterocycles. The van der Waals surface area contributed by atoms with Crippen LogP contribution in [-0.2, 0) is 6.54 Å². The van der Waals surface area contributed by atoms with Gasteiger partial charge in [0.2, 0.25) is 0 Å². The number of likely N-dealkylation sites (tertiary alicyclic amines) is 1. The maximum atomic E-state index is 11.7. The van der Waals surface area contributed by atoms with Crippen molar-refractivity contribution < 1.29 is 9.21 Å². The fourth-order valence-electron chi connectivity index (χ4n) is 3.58. The molecule has 2 aromatic heterocycles. The molecule has 0 saturated carbocycles. The number of aromatic nitrogens is 2. The largest absolute Gasteiger partial charge is 0.464 e. The molecule has 0 unspecified atom stereocenters. The first-order chi connectivity index (χ1) is 12.2. The average molecular weight is 338 g/mol. The zero-order valence-corrected chi connectivity index (χ0v) is 14.3.